The second kappa shape index (κ2) is 10.0. The number of hydrogen-bond donors (Lipinski definition) is 4. The molecule has 29 heavy (non-hydrogen) atoms. The van der Waals surface area contributed by atoms with Crippen LogP contribution in [0, 0.1) is 12.8 Å². The lowest BCUT2D eigenvalue weighted by molar-refractivity contribution is -0.143. The molecule has 1 rings (SSSR count). The van der Waals surface area contributed by atoms with Gasteiger partial charge >= 0.3 is 11.9 Å². The lowest BCUT2D eigenvalue weighted by Crippen LogP contribution is -2.56. The summed E-state index contributed by atoms with van der Waals surface area (Å²) in [6.07, 6.45) is -0.740. The minimum absolute atomic E-state index is 0.304. The van der Waals surface area contributed by atoms with Gasteiger partial charge in [0.25, 0.3) is 0 Å². The van der Waals surface area contributed by atoms with E-state index in [9.17, 15) is 24.3 Å². The first-order valence-electron chi connectivity index (χ1n) is 9.88. The Morgan fingerprint density at radius 3 is 2.10 bits per heavy atom. The molecule has 0 saturated heterocycles. The van der Waals surface area contributed by atoms with Crippen molar-refractivity contribution in [3.63, 3.8) is 0 Å². The maximum Gasteiger partial charge on any atom is 0.326 e. The number of carboxylic acids is 2. The van der Waals surface area contributed by atoms with Crippen molar-refractivity contribution in [2.24, 2.45) is 5.92 Å². The molecule has 2 atom stereocenters. The van der Waals surface area contributed by atoms with E-state index in [1.54, 1.807) is 39.8 Å². The Kier molecular flexibility index (Phi) is 7.75. The summed E-state index contributed by atoms with van der Waals surface area (Å²) in [7, 11) is 0. The summed E-state index contributed by atoms with van der Waals surface area (Å²) in [4.78, 5) is 48.0. The van der Waals surface area contributed by atoms with Crippen molar-refractivity contribution in [3.8, 4) is 0 Å². The monoisotopic (exact) mass is 407 g/mol. The highest BCUT2D eigenvalue weighted by Crippen LogP contribution is 2.24. The normalized spacial score (nSPS) is 13.9. The maximum absolute atomic E-state index is 13.1. The van der Waals surface area contributed by atoms with Gasteiger partial charge in [-0.3, -0.25) is 14.4 Å². The molecule has 0 radical (unpaired) electrons. The van der Waals surface area contributed by atoms with Gasteiger partial charge in [-0.05, 0) is 38.7 Å². The summed E-state index contributed by atoms with van der Waals surface area (Å²) < 4.78 is 8.35. The molecule has 0 aliphatic heterocycles. The number of nitrogens with one attached hydrogen (secondary N) is 2. The van der Waals surface area contributed by atoms with E-state index in [1.165, 1.54) is 0 Å². The molecule has 0 heterocycles. The molecule has 1 aromatic carbocycles. The van der Waals surface area contributed by atoms with E-state index < -0.39 is 53.6 Å². The van der Waals surface area contributed by atoms with Gasteiger partial charge in [0.2, 0.25) is 11.8 Å². The van der Waals surface area contributed by atoms with Crippen molar-refractivity contribution in [1.29, 1.82) is 0 Å². The number of carboxylic acid groups (broad SMARTS) is 2. The van der Waals surface area contributed by atoms with Crippen molar-refractivity contribution in [2.45, 2.75) is 65.0 Å². The van der Waals surface area contributed by atoms with Gasteiger partial charge in [-0.25, -0.2) is 4.79 Å². The van der Waals surface area contributed by atoms with Crippen molar-refractivity contribution >= 4 is 23.8 Å². The summed E-state index contributed by atoms with van der Waals surface area (Å²) in [6, 6.07) is 4.61. The maximum atomic E-state index is 13.1. The quantitative estimate of drug-likeness (QED) is 0.468. The fourth-order valence-corrected chi connectivity index (χ4v) is 2.67. The first-order chi connectivity index (χ1) is 13.8. The second-order valence-corrected chi connectivity index (χ2v) is 7.95. The van der Waals surface area contributed by atoms with Crippen LogP contribution in [0.1, 0.15) is 51.7 Å². The van der Waals surface area contributed by atoms with Gasteiger partial charge < -0.3 is 20.8 Å². The van der Waals surface area contributed by atoms with Crippen LogP contribution in [-0.2, 0) is 24.6 Å². The highest BCUT2D eigenvalue weighted by atomic mass is 16.4. The SMILES string of the molecule is [2H]N(C(=O)C(C)(C)c1ccc(C)cc1)[C@H](C(=O)N[C@@H](CCC(=O)O)C(=O)O)C(C)C. The third-order valence-electron chi connectivity index (χ3n) is 4.73. The second-order valence-electron chi connectivity index (χ2n) is 7.95. The van der Waals surface area contributed by atoms with Gasteiger partial charge in [0.05, 0.1) is 5.41 Å². The molecular weight excluding hydrogens is 376 g/mol. The fourth-order valence-electron chi connectivity index (χ4n) is 2.67. The largest absolute Gasteiger partial charge is 0.481 e. The fraction of sp³-hybridized carbons (Fsp3) is 0.524. The Balaban J connectivity index is 3.07. The Labute approximate surface area is 172 Å². The minimum Gasteiger partial charge on any atom is -0.481 e. The van der Waals surface area contributed by atoms with Crippen LogP contribution in [-0.4, -0.2) is 46.0 Å². The summed E-state index contributed by atoms with van der Waals surface area (Å²) in [5.41, 5.74) is 0.617. The highest BCUT2D eigenvalue weighted by Gasteiger charge is 2.35. The predicted molar refractivity (Wildman–Crippen MR) is 107 cm³/mol. The van der Waals surface area contributed by atoms with Crippen LogP contribution < -0.4 is 10.6 Å². The minimum atomic E-state index is -1.43. The Morgan fingerprint density at radius 2 is 1.66 bits per heavy atom. The molecule has 0 aliphatic rings. The number of rotatable bonds is 10. The molecule has 1 aromatic rings. The molecule has 2 amide bonds. The molecule has 0 spiro atoms. The molecule has 8 nitrogen and oxygen atoms in total. The first kappa shape index (κ1) is 22.4. The Morgan fingerprint density at radius 1 is 1.10 bits per heavy atom. The summed E-state index contributed by atoms with van der Waals surface area (Å²) >= 11 is 0. The molecule has 8 heteroatoms. The van der Waals surface area contributed by atoms with Gasteiger partial charge in [0.1, 0.15) is 12.1 Å². The molecule has 0 bridgehead atoms. The molecule has 0 aliphatic carbocycles. The van der Waals surface area contributed by atoms with Crippen LogP contribution in [0.5, 0.6) is 0 Å². The van der Waals surface area contributed by atoms with E-state index in [0.717, 1.165) is 5.56 Å². The van der Waals surface area contributed by atoms with Crippen molar-refractivity contribution in [2.75, 3.05) is 0 Å². The molecule has 160 valence electrons. The van der Waals surface area contributed by atoms with Crippen molar-refractivity contribution < 1.29 is 30.8 Å². The zero-order valence-corrected chi connectivity index (χ0v) is 17.4. The van der Waals surface area contributed by atoms with Gasteiger partial charge in [0, 0.05) is 6.42 Å². The van der Waals surface area contributed by atoms with Gasteiger partial charge in [-0.1, -0.05) is 43.7 Å². The van der Waals surface area contributed by atoms with Crippen LogP contribution >= 0.6 is 0 Å². The number of benzene rings is 1. The summed E-state index contributed by atoms with van der Waals surface area (Å²) in [5.74, 6) is -4.47. The summed E-state index contributed by atoms with van der Waals surface area (Å²) in [6.45, 7) is 8.52. The average Bonchev–Trinajstić information content (AvgIpc) is 2.64. The number of carbonyl (C=O) groups is 4. The Bertz CT molecular complexity index is 791. The van der Waals surface area contributed by atoms with Crippen LogP contribution in [0.25, 0.3) is 0 Å². The molecule has 0 fully saturated rings. The number of carbonyl (C=O) groups excluding carboxylic acids is 2. The van der Waals surface area contributed by atoms with E-state index in [2.05, 4.69) is 5.32 Å². The zero-order chi connectivity index (χ0) is 23.2. The van der Waals surface area contributed by atoms with E-state index in [1.807, 2.05) is 19.1 Å². The number of aryl methyl sites for hydroxylation is 1. The van der Waals surface area contributed by atoms with Gasteiger partial charge in [0.15, 0.2) is 1.41 Å². The molecule has 4 N–H and O–H groups in total. The van der Waals surface area contributed by atoms with Crippen molar-refractivity contribution in [3.05, 3.63) is 35.4 Å². The first-order valence-corrected chi connectivity index (χ1v) is 9.43. The Hall–Kier alpha value is -2.90. The van der Waals surface area contributed by atoms with Gasteiger partial charge in [-0.2, -0.15) is 0 Å². The topological polar surface area (TPSA) is 133 Å². The van der Waals surface area contributed by atoms with Crippen LogP contribution in [0.3, 0.4) is 0 Å². The average molecular weight is 407 g/mol. The molecule has 0 unspecified atom stereocenters. The van der Waals surface area contributed by atoms with Crippen LogP contribution in [0.4, 0.5) is 0 Å². The zero-order valence-electron chi connectivity index (χ0n) is 18.4. The molecule has 0 saturated carbocycles. The highest BCUT2D eigenvalue weighted by molar-refractivity contribution is 5.94. The summed E-state index contributed by atoms with van der Waals surface area (Å²) in [5, 5.41) is 20.9. The van der Waals surface area contributed by atoms with E-state index in [0.29, 0.717) is 10.9 Å². The lowest BCUT2D eigenvalue weighted by atomic mass is 9.83. The molecule has 0 aromatic heterocycles. The smallest absolute Gasteiger partial charge is 0.326 e. The third kappa shape index (κ3) is 6.89. The lowest BCUT2D eigenvalue weighted by Gasteiger charge is -2.29. The number of aliphatic carboxylic acids is 2. The van der Waals surface area contributed by atoms with Crippen LogP contribution in [0.15, 0.2) is 24.3 Å². The van der Waals surface area contributed by atoms with E-state index in [-0.39, 0.29) is 6.42 Å². The van der Waals surface area contributed by atoms with Gasteiger partial charge in [-0.15, -0.1) is 0 Å². The molecular formula is C21H30N2O6. The predicted octanol–water partition coefficient (Wildman–Crippen LogP) is 1.85. The van der Waals surface area contributed by atoms with E-state index in [4.69, 9.17) is 6.52 Å². The number of hydrogen-bond acceptors (Lipinski definition) is 4. The number of amides is 2. The standard InChI is InChI=1S/C21H30N2O6/c1-12(2)17(18(26)22-15(19(27)28)10-11-16(24)25)23-20(29)21(4,5)14-8-6-13(3)7-9-14/h6-9,12,15,17H,10-11H2,1-5H3,(H,22,26)(H,23,29)(H,24,25)(H,27,28)/t15-,17-/m0/s1/i/hD. The van der Waals surface area contributed by atoms with Crippen molar-refractivity contribution in [1.82, 2.24) is 10.6 Å². The van der Waals surface area contributed by atoms with Crippen LogP contribution in [0.2, 0.25) is 1.41 Å². The van der Waals surface area contributed by atoms with E-state index >= 15 is 0 Å². The third-order valence-corrected chi connectivity index (χ3v) is 4.73.